The molecule has 0 saturated carbocycles. The summed E-state index contributed by atoms with van der Waals surface area (Å²) in [6.45, 7) is -0.267. The van der Waals surface area contributed by atoms with Gasteiger partial charge in [-0.3, -0.25) is 4.57 Å². The molecule has 0 amide bonds. The molecule has 1 fully saturated rings. The lowest BCUT2D eigenvalue weighted by Gasteiger charge is -2.17. The zero-order valence-corrected chi connectivity index (χ0v) is 9.62. The van der Waals surface area contributed by atoms with Gasteiger partial charge in [0.15, 0.2) is 0 Å². The quantitative estimate of drug-likeness (QED) is 0.492. The minimum absolute atomic E-state index is 0.1000. The fourth-order valence-electron chi connectivity index (χ4n) is 1.73. The van der Waals surface area contributed by atoms with Crippen LogP contribution in [0.3, 0.4) is 0 Å². The number of hydrogen-bond donors (Lipinski definition) is 4. The highest BCUT2D eigenvalue weighted by Crippen LogP contribution is 2.40. The number of anilines is 1. The van der Waals surface area contributed by atoms with Crippen LogP contribution < -0.4 is 11.4 Å². The maximum atomic E-state index is 11.6. The molecule has 2 rings (SSSR count). The van der Waals surface area contributed by atoms with Gasteiger partial charge in [0.05, 0.1) is 18.0 Å². The summed E-state index contributed by atoms with van der Waals surface area (Å²) in [6, 6.07) is 1.44. The molecule has 94 valence electrons. The summed E-state index contributed by atoms with van der Waals surface area (Å²) in [4.78, 5) is 15.1. The van der Waals surface area contributed by atoms with Gasteiger partial charge in [-0.1, -0.05) is 0 Å². The molecule has 7 nitrogen and oxygen atoms in total. The smallest absolute Gasteiger partial charge is 0.350 e. The third-order valence-electron chi connectivity index (χ3n) is 2.64. The van der Waals surface area contributed by atoms with E-state index in [0.717, 1.165) is 11.8 Å². The Hall–Kier alpha value is -1.09. The van der Waals surface area contributed by atoms with Crippen LogP contribution in [0.1, 0.15) is 5.37 Å². The van der Waals surface area contributed by atoms with Crippen LogP contribution in [-0.2, 0) is 0 Å². The molecule has 1 aromatic heterocycles. The Morgan fingerprint density at radius 3 is 2.71 bits per heavy atom. The highest BCUT2D eigenvalue weighted by molar-refractivity contribution is 8.00. The van der Waals surface area contributed by atoms with Crippen LogP contribution in [0.15, 0.2) is 17.1 Å². The number of aliphatic hydroxyl groups excluding tert-OH is 3. The zero-order valence-electron chi connectivity index (χ0n) is 8.80. The predicted octanol–water partition coefficient (Wildman–Crippen LogP) is -1.85. The zero-order chi connectivity index (χ0) is 12.6. The molecule has 1 unspecified atom stereocenters. The molecule has 5 N–H and O–H groups in total. The van der Waals surface area contributed by atoms with Gasteiger partial charge in [0, 0.05) is 6.20 Å². The second-order valence-corrected chi connectivity index (χ2v) is 5.13. The van der Waals surface area contributed by atoms with Crippen LogP contribution in [0, 0.1) is 0 Å². The lowest BCUT2D eigenvalue weighted by atomic mass is 10.1. The normalized spacial score (nSPS) is 32.9. The number of aromatic nitrogens is 2. The standard InChI is InChI=1S/C9H13N3O4S/c10-5-1-2-12(9(16)11-5)8-7(15)6(14)4(3-13)17-8/h1-2,4,6-8,13-15H,3H2,(H2,10,11,16)/t4?,6-,7-,8-/m1/s1. The van der Waals surface area contributed by atoms with Gasteiger partial charge in [-0.2, -0.15) is 4.98 Å². The largest absolute Gasteiger partial charge is 0.395 e. The summed E-state index contributed by atoms with van der Waals surface area (Å²) in [6.07, 6.45) is -0.780. The Labute approximate surface area is 101 Å². The summed E-state index contributed by atoms with van der Waals surface area (Å²) in [5.41, 5.74) is 4.77. The first kappa shape index (κ1) is 12.4. The maximum absolute atomic E-state index is 11.6. The fraction of sp³-hybridized carbons (Fsp3) is 0.556. The molecule has 1 saturated heterocycles. The Balaban J connectivity index is 2.32. The molecule has 1 aliphatic heterocycles. The van der Waals surface area contributed by atoms with Gasteiger partial charge in [-0.05, 0) is 6.07 Å². The minimum Gasteiger partial charge on any atom is -0.395 e. The van der Waals surface area contributed by atoms with E-state index in [-0.39, 0.29) is 12.4 Å². The van der Waals surface area contributed by atoms with Crippen LogP contribution in [0.5, 0.6) is 0 Å². The van der Waals surface area contributed by atoms with E-state index >= 15 is 0 Å². The van der Waals surface area contributed by atoms with Crippen molar-refractivity contribution >= 4 is 17.6 Å². The van der Waals surface area contributed by atoms with Gasteiger partial charge >= 0.3 is 5.69 Å². The molecule has 0 aliphatic carbocycles. The highest BCUT2D eigenvalue weighted by atomic mass is 32.2. The highest BCUT2D eigenvalue weighted by Gasteiger charge is 2.43. The average molecular weight is 259 g/mol. The molecular formula is C9H13N3O4S. The van der Waals surface area contributed by atoms with Crippen LogP contribution in [-0.4, -0.2) is 48.9 Å². The van der Waals surface area contributed by atoms with Crippen LogP contribution >= 0.6 is 11.8 Å². The molecule has 8 heteroatoms. The van der Waals surface area contributed by atoms with E-state index in [1.54, 1.807) is 0 Å². The third kappa shape index (κ3) is 2.16. The Morgan fingerprint density at radius 1 is 1.47 bits per heavy atom. The molecule has 0 aromatic carbocycles. The number of thioether (sulfide) groups is 1. The van der Waals surface area contributed by atoms with Crippen molar-refractivity contribution in [3.05, 3.63) is 22.7 Å². The topological polar surface area (TPSA) is 122 Å². The van der Waals surface area contributed by atoms with Crippen LogP contribution in [0.4, 0.5) is 5.82 Å². The summed E-state index contributed by atoms with van der Waals surface area (Å²) >= 11 is 1.13. The van der Waals surface area contributed by atoms with Crippen molar-refractivity contribution in [2.45, 2.75) is 22.8 Å². The van der Waals surface area contributed by atoms with E-state index in [9.17, 15) is 15.0 Å². The lowest BCUT2D eigenvalue weighted by molar-refractivity contribution is 0.0101. The molecule has 0 bridgehead atoms. The van der Waals surface area contributed by atoms with Crippen LogP contribution in [0.2, 0.25) is 0 Å². The second kappa shape index (κ2) is 4.65. The van der Waals surface area contributed by atoms with Crippen molar-refractivity contribution in [3.63, 3.8) is 0 Å². The number of nitrogen functional groups attached to an aromatic ring is 1. The van der Waals surface area contributed by atoms with E-state index < -0.39 is 28.5 Å². The molecule has 4 atom stereocenters. The number of nitrogens with two attached hydrogens (primary N) is 1. The number of rotatable bonds is 2. The first-order chi connectivity index (χ1) is 8.04. The van der Waals surface area contributed by atoms with Crippen molar-refractivity contribution in [2.24, 2.45) is 0 Å². The molecule has 1 aromatic rings. The van der Waals surface area contributed by atoms with E-state index in [0.29, 0.717) is 0 Å². The summed E-state index contributed by atoms with van der Waals surface area (Å²) < 4.78 is 1.20. The monoisotopic (exact) mass is 259 g/mol. The lowest BCUT2D eigenvalue weighted by Crippen LogP contribution is -2.36. The number of hydrogen-bond acceptors (Lipinski definition) is 7. The summed E-state index contributed by atoms with van der Waals surface area (Å²) in [7, 11) is 0. The van der Waals surface area contributed by atoms with E-state index in [2.05, 4.69) is 4.98 Å². The molecular weight excluding hydrogens is 246 g/mol. The van der Waals surface area contributed by atoms with Crippen molar-refractivity contribution in [1.82, 2.24) is 9.55 Å². The fourth-order valence-corrected chi connectivity index (χ4v) is 3.11. The Morgan fingerprint density at radius 2 is 2.18 bits per heavy atom. The van der Waals surface area contributed by atoms with E-state index in [1.807, 2.05) is 0 Å². The van der Waals surface area contributed by atoms with Gasteiger partial charge in [0.25, 0.3) is 0 Å². The van der Waals surface area contributed by atoms with Gasteiger partial charge in [-0.15, -0.1) is 11.8 Å². The Kier molecular flexibility index (Phi) is 3.38. The average Bonchev–Trinajstić information content (AvgIpc) is 2.57. The number of nitrogens with zero attached hydrogens (tertiary/aromatic N) is 2. The van der Waals surface area contributed by atoms with Crippen molar-refractivity contribution < 1.29 is 15.3 Å². The number of aliphatic hydroxyl groups is 3. The SMILES string of the molecule is Nc1ccn([C@@H]2SC(CO)[C@@H](O)[C@H]2O)c(=O)n1. The van der Waals surface area contributed by atoms with Gasteiger partial charge in [0.2, 0.25) is 0 Å². The first-order valence-electron chi connectivity index (χ1n) is 5.01. The van der Waals surface area contributed by atoms with Gasteiger partial charge < -0.3 is 21.1 Å². The summed E-state index contributed by atoms with van der Waals surface area (Å²) in [5, 5.41) is 27.3. The van der Waals surface area contributed by atoms with Crippen molar-refractivity contribution in [1.29, 1.82) is 0 Å². The maximum Gasteiger partial charge on any atom is 0.350 e. The summed E-state index contributed by atoms with van der Waals surface area (Å²) in [5.74, 6) is 0.1000. The first-order valence-corrected chi connectivity index (χ1v) is 5.96. The second-order valence-electron chi connectivity index (χ2n) is 3.77. The molecule has 17 heavy (non-hydrogen) atoms. The third-order valence-corrected chi connectivity index (χ3v) is 4.21. The van der Waals surface area contributed by atoms with Crippen molar-refractivity contribution in [3.8, 4) is 0 Å². The molecule has 1 aliphatic rings. The van der Waals surface area contributed by atoms with Gasteiger partial charge in [0.1, 0.15) is 17.3 Å². The predicted molar refractivity (Wildman–Crippen MR) is 62.4 cm³/mol. The van der Waals surface area contributed by atoms with E-state index in [4.69, 9.17) is 10.8 Å². The molecule has 0 spiro atoms. The van der Waals surface area contributed by atoms with Gasteiger partial charge in [-0.25, -0.2) is 4.79 Å². The molecule has 2 heterocycles. The minimum atomic E-state index is -1.12. The van der Waals surface area contributed by atoms with Crippen molar-refractivity contribution in [2.75, 3.05) is 12.3 Å². The van der Waals surface area contributed by atoms with Crippen LogP contribution in [0.25, 0.3) is 0 Å². The van der Waals surface area contributed by atoms with E-state index in [1.165, 1.54) is 16.8 Å². The molecule has 0 radical (unpaired) electrons. The Bertz CT molecular complexity index is 466.